The third-order valence-corrected chi connectivity index (χ3v) is 3.83. The van der Waals surface area contributed by atoms with Crippen molar-refractivity contribution in [1.82, 2.24) is 0 Å². The molecule has 1 aromatic carbocycles. The number of rotatable bonds is 5. The van der Waals surface area contributed by atoms with E-state index in [4.69, 9.17) is 15.2 Å². The van der Waals surface area contributed by atoms with Crippen LogP contribution in [0.5, 0.6) is 11.5 Å². The molecule has 1 saturated carbocycles. The number of benzene rings is 1. The lowest BCUT2D eigenvalue weighted by Gasteiger charge is -2.26. The Morgan fingerprint density at radius 1 is 1.41 bits per heavy atom. The molecule has 1 aliphatic rings. The van der Waals surface area contributed by atoms with Crippen LogP contribution in [-0.4, -0.2) is 25.7 Å². The summed E-state index contributed by atoms with van der Waals surface area (Å²) < 4.78 is 10.8. The second-order valence-electron chi connectivity index (χ2n) is 5.41. The molecule has 1 aliphatic carbocycles. The fourth-order valence-electron chi connectivity index (χ4n) is 2.72. The van der Waals surface area contributed by atoms with Gasteiger partial charge in [0.1, 0.15) is 11.5 Å². The predicted molar refractivity (Wildman–Crippen MR) is 90.0 cm³/mol. The Balaban J connectivity index is 0.00000242. The van der Waals surface area contributed by atoms with E-state index < -0.39 is 0 Å². The van der Waals surface area contributed by atoms with Crippen LogP contribution in [0.25, 0.3) is 0 Å². The summed E-state index contributed by atoms with van der Waals surface area (Å²) >= 11 is 0. The van der Waals surface area contributed by atoms with Crippen molar-refractivity contribution < 1.29 is 14.3 Å². The Morgan fingerprint density at radius 2 is 2.18 bits per heavy atom. The number of ether oxygens (including phenoxy) is 2. The topological polar surface area (TPSA) is 73.6 Å². The van der Waals surface area contributed by atoms with Gasteiger partial charge in [0.15, 0.2) is 0 Å². The number of carbonyl (C=O) groups excluding carboxylic acids is 1. The molecular weight excluding hydrogens is 304 g/mol. The number of methoxy groups -OCH3 is 1. The van der Waals surface area contributed by atoms with Crippen LogP contribution in [0.4, 0.5) is 5.69 Å². The first-order valence-corrected chi connectivity index (χ1v) is 7.51. The van der Waals surface area contributed by atoms with Gasteiger partial charge in [-0.1, -0.05) is 6.42 Å². The van der Waals surface area contributed by atoms with Crippen LogP contribution < -0.4 is 20.5 Å². The van der Waals surface area contributed by atoms with Crippen LogP contribution >= 0.6 is 12.4 Å². The molecular formula is C16H25ClN2O3. The molecule has 0 spiro atoms. The van der Waals surface area contributed by atoms with Crippen LogP contribution in [-0.2, 0) is 4.79 Å². The van der Waals surface area contributed by atoms with Crippen molar-refractivity contribution in [1.29, 1.82) is 0 Å². The summed E-state index contributed by atoms with van der Waals surface area (Å²) in [5.74, 6) is 1.34. The molecule has 0 saturated heterocycles. The van der Waals surface area contributed by atoms with Crippen LogP contribution in [0.2, 0.25) is 0 Å². The SMILES string of the molecule is CCOc1ccc(OC)cc1NC(=O)C1CCCC(N)C1.Cl. The van der Waals surface area contributed by atoms with Crippen LogP contribution in [0.3, 0.4) is 0 Å². The van der Waals surface area contributed by atoms with E-state index in [1.807, 2.05) is 19.1 Å². The molecule has 1 fully saturated rings. The second-order valence-corrected chi connectivity index (χ2v) is 5.41. The van der Waals surface area contributed by atoms with E-state index >= 15 is 0 Å². The molecule has 1 amide bonds. The molecule has 2 atom stereocenters. The minimum Gasteiger partial charge on any atom is -0.497 e. The number of nitrogens with two attached hydrogens (primary N) is 1. The van der Waals surface area contributed by atoms with Gasteiger partial charge in [0.2, 0.25) is 5.91 Å². The molecule has 0 radical (unpaired) electrons. The fraction of sp³-hybridized carbons (Fsp3) is 0.562. The summed E-state index contributed by atoms with van der Waals surface area (Å²) in [6, 6.07) is 5.54. The normalized spacial score (nSPS) is 20.7. The van der Waals surface area contributed by atoms with Crippen molar-refractivity contribution in [3.05, 3.63) is 18.2 Å². The van der Waals surface area contributed by atoms with Crippen molar-refractivity contribution >= 4 is 24.0 Å². The van der Waals surface area contributed by atoms with E-state index in [9.17, 15) is 4.79 Å². The standard InChI is InChI=1S/C16H24N2O3.ClH/c1-3-21-15-8-7-13(20-2)10-14(15)18-16(19)11-5-4-6-12(17)9-11;/h7-8,10-12H,3-6,9,17H2,1-2H3,(H,18,19);1H. The molecule has 2 unspecified atom stereocenters. The van der Waals surface area contributed by atoms with Crippen LogP contribution in [0.15, 0.2) is 18.2 Å². The van der Waals surface area contributed by atoms with Crippen LogP contribution in [0.1, 0.15) is 32.6 Å². The van der Waals surface area contributed by atoms with E-state index in [1.54, 1.807) is 13.2 Å². The van der Waals surface area contributed by atoms with Crippen molar-refractivity contribution in [2.45, 2.75) is 38.6 Å². The smallest absolute Gasteiger partial charge is 0.227 e. The van der Waals surface area contributed by atoms with Gasteiger partial charge < -0.3 is 20.5 Å². The molecule has 0 aromatic heterocycles. The highest BCUT2D eigenvalue weighted by Crippen LogP contribution is 2.31. The lowest BCUT2D eigenvalue weighted by Crippen LogP contribution is -2.34. The second kappa shape index (κ2) is 8.86. The van der Waals surface area contributed by atoms with Gasteiger partial charge in [-0.05, 0) is 38.3 Å². The first-order valence-electron chi connectivity index (χ1n) is 7.51. The number of amides is 1. The fourth-order valence-corrected chi connectivity index (χ4v) is 2.72. The number of hydrogen-bond acceptors (Lipinski definition) is 4. The average Bonchev–Trinajstić information content (AvgIpc) is 2.49. The quantitative estimate of drug-likeness (QED) is 0.871. The Bertz CT molecular complexity index is 496. The summed E-state index contributed by atoms with van der Waals surface area (Å²) in [5.41, 5.74) is 6.61. The first kappa shape index (κ1) is 18.6. The minimum atomic E-state index is -0.0190. The molecule has 5 nitrogen and oxygen atoms in total. The molecule has 0 bridgehead atoms. The number of halogens is 1. The predicted octanol–water partition coefficient (Wildman–Crippen LogP) is 2.97. The lowest BCUT2D eigenvalue weighted by molar-refractivity contribution is -0.120. The maximum Gasteiger partial charge on any atom is 0.227 e. The summed E-state index contributed by atoms with van der Waals surface area (Å²) in [7, 11) is 1.60. The Kier molecular flexibility index (Phi) is 7.48. The summed E-state index contributed by atoms with van der Waals surface area (Å²) in [4.78, 5) is 12.4. The van der Waals surface area contributed by atoms with Gasteiger partial charge in [0, 0.05) is 18.0 Å². The highest BCUT2D eigenvalue weighted by Gasteiger charge is 2.26. The third kappa shape index (κ3) is 4.78. The molecule has 1 aromatic rings. The lowest BCUT2D eigenvalue weighted by atomic mass is 9.85. The van der Waals surface area contributed by atoms with Gasteiger partial charge in [-0.15, -0.1) is 12.4 Å². The van der Waals surface area contributed by atoms with E-state index in [2.05, 4.69) is 5.32 Å². The van der Waals surface area contributed by atoms with E-state index in [0.717, 1.165) is 25.7 Å². The maximum absolute atomic E-state index is 12.4. The van der Waals surface area contributed by atoms with Gasteiger partial charge in [-0.2, -0.15) is 0 Å². The number of nitrogens with one attached hydrogen (secondary N) is 1. The molecule has 3 N–H and O–H groups in total. The molecule has 22 heavy (non-hydrogen) atoms. The van der Waals surface area contributed by atoms with Gasteiger partial charge in [-0.3, -0.25) is 4.79 Å². The van der Waals surface area contributed by atoms with Crippen molar-refractivity contribution in [3.63, 3.8) is 0 Å². The van der Waals surface area contributed by atoms with E-state index in [0.29, 0.717) is 23.8 Å². The summed E-state index contributed by atoms with van der Waals surface area (Å²) in [5, 5.41) is 2.96. The molecule has 0 heterocycles. The third-order valence-electron chi connectivity index (χ3n) is 3.83. The van der Waals surface area contributed by atoms with E-state index in [-0.39, 0.29) is 30.3 Å². The van der Waals surface area contributed by atoms with Crippen molar-refractivity contribution in [2.24, 2.45) is 11.7 Å². The largest absolute Gasteiger partial charge is 0.497 e. The Morgan fingerprint density at radius 3 is 2.82 bits per heavy atom. The van der Waals surface area contributed by atoms with Crippen molar-refractivity contribution in [3.8, 4) is 11.5 Å². The average molecular weight is 329 g/mol. The van der Waals surface area contributed by atoms with Gasteiger partial charge >= 0.3 is 0 Å². The Hall–Kier alpha value is -1.46. The zero-order chi connectivity index (χ0) is 15.2. The Labute approximate surface area is 138 Å². The minimum absolute atomic E-state index is 0. The number of anilines is 1. The zero-order valence-corrected chi connectivity index (χ0v) is 13.9. The maximum atomic E-state index is 12.4. The molecule has 124 valence electrons. The highest BCUT2D eigenvalue weighted by molar-refractivity contribution is 5.94. The number of hydrogen-bond donors (Lipinski definition) is 2. The zero-order valence-electron chi connectivity index (χ0n) is 13.1. The molecule has 2 rings (SSSR count). The highest BCUT2D eigenvalue weighted by atomic mass is 35.5. The van der Waals surface area contributed by atoms with Gasteiger partial charge in [-0.25, -0.2) is 0 Å². The first-order chi connectivity index (χ1) is 10.1. The summed E-state index contributed by atoms with van der Waals surface area (Å²) in [6.45, 7) is 2.46. The van der Waals surface area contributed by atoms with E-state index in [1.165, 1.54) is 0 Å². The van der Waals surface area contributed by atoms with Crippen molar-refractivity contribution in [2.75, 3.05) is 19.0 Å². The van der Waals surface area contributed by atoms with Crippen LogP contribution in [0, 0.1) is 5.92 Å². The summed E-state index contributed by atoms with van der Waals surface area (Å²) in [6.07, 6.45) is 3.66. The van der Waals surface area contributed by atoms with Gasteiger partial charge in [0.05, 0.1) is 19.4 Å². The van der Waals surface area contributed by atoms with Gasteiger partial charge in [0.25, 0.3) is 0 Å². The molecule has 6 heteroatoms. The molecule has 0 aliphatic heterocycles. The monoisotopic (exact) mass is 328 g/mol. The number of carbonyl (C=O) groups is 1.